The molecule has 0 unspecified atom stereocenters. The number of benzene rings is 2. The lowest BCUT2D eigenvalue weighted by Crippen LogP contribution is -2.54. The van der Waals surface area contributed by atoms with Gasteiger partial charge in [-0.25, -0.2) is 9.59 Å². The second kappa shape index (κ2) is 9.23. The number of likely N-dealkylation sites (tertiary alicyclic amines) is 1. The molecule has 8 heteroatoms. The third kappa shape index (κ3) is 4.43. The molecule has 1 saturated heterocycles. The molecule has 2 aromatic carbocycles. The maximum absolute atomic E-state index is 13.1. The third-order valence-electron chi connectivity index (χ3n) is 6.40. The van der Waals surface area contributed by atoms with Gasteiger partial charge in [-0.05, 0) is 28.2 Å². The van der Waals surface area contributed by atoms with Crippen molar-refractivity contribution in [3.63, 3.8) is 0 Å². The van der Waals surface area contributed by atoms with Crippen molar-refractivity contribution in [2.45, 2.75) is 44.4 Å². The second-order valence-corrected chi connectivity index (χ2v) is 8.93. The Morgan fingerprint density at radius 1 is 1.06 bits per heavy atom. The van der Waals surface area contributed by atoms with E-state index in [-0.39, 0.29) is 31.4 Å². The van der Waals surface area contributed by atoms with E-state index >= 15 is 0 Å². The molecule has 1 aliphatic carbocycles. The smallest absolute Gasteiger partial charge is 0.407 e. The van der Waals surface area contributed by atoms with Gasteiger partial charge in [0.1, 0.15) is 18.7 Å². The van der Waals surface area contributed by atoms with Crippen LogP contribution in [-0.4, -0.2) is 64.4 Å². The van der Waals surface area contributed by atoms with Crippen molar-refractivity contribution in [1.29, 1.82) is 0 Å². The molecule has 174 valence electrons. The van der Waals surface area contributed by atoms with Crippen molar-refractivity contribution in [1.82, 2.24) is 10.2 Å². The lowest BCUT2D eigenvalue weighted by Gasteiger charge is -2.29. The third-order valence-corrected chi connectivity index (χ3v) is 6.40. The van der Waals surface area contributed by atoms with E-state index in [1.165, 1.54) is 0 Å². The number of carboxylic acids is 1. The average molecular weight is 453 g/mol. The minimum atomic E-state index is -1.18. The zero-order chi connectivity index (χ0) is 23.7. The van der Waals surface area contributed by atoms with E-state index in [1.54, 1.807) is 13.8 Å². The van der Waals surface area contributed by atoms with Gasteiger partial charge in [0.15, 0.2) is 0 Å². The lowest BCUT2D eigenvalue weighted by molar-refractivity contribution is -0.149. The van der Waals surface area contributed by atoms with Gasteiger partial charge in [0, 0.05) is 18.9 Å². The summed E-state index contributed by atoms with van der Waals surface area (Å²) in [5, 5.41) is 21.9. The Morgan fingerprint density at radius 3 is 2.18 bits per heavy atom. The fraction of sp³-hybridized carbons (Fsp3) is 0.400. The highest BCUT2D eigenvalue weighted by molar-refractivity contribution is 5.90. The number of nitrogens with one attached hydrogen (secondary N) is 1. The summed E-state index contributed by atoms with van der Waals surface area (Å²) in [5.41, 5.74) is 4.39. The van der Waals surface area contributed by atoms with Crippen molar-refractivity contribution in [2.75, 3.05) is 13.2 Å². The number of aliphatic hydroxyl groups excluding tert-OH is 1. The van der Waals surface area contributed by atoms with Crippen LogP contribution >= 0.6 is 0 Å². The Kier molecular flexibility index (Phi) is 6.37. The summed E-state index contributed by atoms with van der Waals surface area (Å²) in [5.74, 6) is -2.13. The first-order valence-electron chi connectivity index (χ1n) is 11.1. The van der Waals surface area contributed by atoms with Crippen LogP contribution in [0.25, 0.3) is 11.1 Å². The summed E-state index contributed by atoms with van der Waals surface area (Å²) in [6.45, 7) is 3.55. The minimum absolute atomic E-state index is 0.0309. The number of ether oxygens (including phenoxy) is 1. The number of carboxylic acid groups (broad SMARTS) is 1. The number of nitrogens with zero attached hydrogens (tertiary/aromatic N) is 1. The summed E-state index contributed by atoms with van der Waals surface area (Å²) < 4.78 is 5.54. The molecule has 3 atom stereocenters. The molecule has 33 heavy (non-hydrogen) atoms. The predicted octanol–water partition coefficient (Wildman–Crippen LogP) is 2.60. The molecule has 0 saturated carbocycles. The molecule has 1 fully saturated rings. The first kappa shape index (κ1) is 22.8. The van der Waals surface area contributed by atoms with Gasteiger partial charge in [-0.2, -0.15) is 0 Å². The Morgan fingerprint density at radius 2 is 1.64 bits per heavy atom. The van der Waals surface area contributed by atoms with Crippen molar-refractivity contribution < 1.29 is 29.3 Å². The van der Waals surface area contributed by atoms with Crippen LogP contribution in [0.5, 0.6) is 0 Å². The van der Waals surface area contributed by atoms with Gasteiger partial charge in [0.25, 0.3) is 0 Å². The number of rotatable bonds is 6. The quantitative estimate of drug-likeness (QED) is 0.620. The van der Waals surface area contributed by atoms with E-state index in [4.69, 9.17) is 4.74 Å². The number of amides is 2. The molecular formula is C25H28N2O6. The molecule has 4 rings (SSSR count). The van der Waals surface area contributed by atoms with E-state index < -0.39 is 36.2 Å². The highest BCUT2D eigenvalue weighted by atomic mass is 16.5. The molecule has 2 amide bonds. The van der Waals surface area contributed by atoms with Crippen molar-refractivity contribution >= 4 is 18.0 Å². The van der Waals surface area contributed by atoms with Crippen LogP contribution in [0.15, 0.2) is 48.5 Å². The van der Waals surface area contributed by atoms with E-state index in [0.29, 0.717) is 0 Å². The Hall–Kier alpha value is -3.39. The summed E-state index contributed by atoms with van der Waals surface area (Å²) in [6, 6.07) is 13.9. The van der Waals surface area contributed by atoms with Crippen LogP contribution in [0.1, 0.15) is 37.3 Å². The molecule has 0 spiro atoms. The number of hydrogen-bond acceptors (Lipinski definition) is 5. The lowest BCUT2D eigenvalue weighted by atomic mass is 9.98. The van der Waals surface area contributed by atoms with Gasteiger partial charge in [-0.3, -0.25) is 4.79 Å². The predicted molar refractivity (Wildman–Crippen MR) is 121 cm³/mol. The van der Waals surface area contributed by atoms with Crippen LogP contribution in [0, 0.1) is 5.92 Å². The molecule has 1 aliphatic heterocycles. The fourth-order valence-electron chi connectivity index (χ4n) is 4.75. The number of carbonyl (C=O) groups is 3. The van der Waals surface area contributed by atoms with E-state index in [9.17, 15) is 24.6 Å². The highest BCUT2D eigenvalue weighted by Crippen LogP contribution is 2.44. The Bertz CT molecular complexity index is 1020. The standard InChI is InChI=1S/C25H28N2O6/c1-14(2)22(23(29)27-12-15(28)11-21(27)24(30)31)26-25(32)33-13-20-18-9-5-3-7-16(18)17-8-4-6-10-19(17)20/h3-10,14-15,20-22,28H,11-13H2,1-2H3,(H,26,32)(H,30,31)/t15-,21+,22-/m1/s1. The molecule has 0 aromatic heterocycles. The van der Waals surface area contributed by atoms with Crippen LogP contribution < -0.4 is 5.32 Å². The minimum Gasteiger partial charge on any atom is -0.480 e. The number of β-amino-alcohol motifs (C(OH)–C–C–N with tert-alkyl or cyclic N) is 1. The zero-order valence-corrected chi connectivity index (χ0v) is 18.6. The summed E-state index contributed by atoms with van der Waals surface area (Å²) in [7, 11) is 0. The molecule has 8 nitrogen and oxygen atoms in total. The highest BCUT2D eigenvalue weighted by Gasteiger charge is 2.42. The number of aliphatic hydroxyl groups is 1. The maximum atomic E-state index is 13.1. The largest absolute Gasteiger partial charge is 0.480 e. The summed E-state index contributed by atoms with van der Waals surface area (Å²) in [4.78, 5) is 38.4. The van der Waals surface area contributed by atoms with Gasteiger partial charge in [0.05, 0.1) is 6.10 Å². The first-order chi connectivity index (χ1) is 15.8. The monoisotopic (exact) mass is 452 g/mol. The molecule has 0 radical (unpaired) electrons. The van der Waals surface area contributed by atoms with Gasteiger partial charge in [-0.1, -0.05) is 62.4 Å². The van der Waals surface area contributed by atoms with Crippen LogP contribution in [0.2, 0.25) is 0 Å². The van der Waals surface area contributed by atoms with Gasteiger partial charge >= 0.3 is 12.1 Å². The van der Waals surface area contributed by atoms with Crippen LogP contribution in [0.4, 0.5) is 4.79 Å². The van der Waals surface area contributed by atoms with E-state index in [0.717, 1.165) is 27.2 Å². The van der Waals surface area contributed by atoms with Crippen molar-refractivity contribution in [3.8, 4) is 11.1 Å². The fourth-order valence-corrected chi connectivity index (χ4v) is 4.75. The summed E-state index contributed by atoms with van der Waals surface area (Å²) in [6.07, 6.45) is -1.68. The van der Waals surface area contributed by atoms with Crippen LogP contribution in [0.3, 0.4) is 0 Å². The number of aliphatic carboxylic acids is 1. The number of carbonyl (C=O) groups excluding carboxylic acids is 2. The van der Waals surface area contributed by atoms with E-state index in [1.807, 2.05) is 48.5 Å². The Labute approximate surface area is 192 Å². The van der Waals surface area contributed by atoms with Gasteiger partial charge in [0.2, 0.25) is 5.91 Å². The van der Waals surface area contributed by atoms with Gasteiger partial charge in [-0.15, -0.1) is 0 Å². The first-order valence-corrected chi connectivity index (χ1v) is 11.1. The normalized spacial score (nSPS) is 20.3. The van der Waals surface area contributed by atoms with Crippen molar-refractivity contribution in [3.05, 3.63) is 59.7 Å². The molecule has 3 N–H and O–H groups in total. The number of fused-ring (bicyclic) bond motifs is 3. The second-order valence-electron chi connectivity index (χ2n) is 8.93. The van der Waals surface area contributed by atoms with Crippen molar-refractivity contribution in [2.24, 2.45) is 5.92 Å². The molecule has 1 heterocycles. The summed E-state index contributed by atoms with van der Waals surface area (Å²) >= 11 is 0. The maximum Gasteiger partial charge on any atom is 0.407 e. The Balaban J connectivity index is 1.44. The van der Waals surface area contributed by atoms with Gasteiger partial charge < -0.3 is 25.2 Å². The van der Waals surface area contributed by atoms with E-state index in [2.05, 4.69) is 5.32 Å². The SMILES string of the molecule is CC(C)[C@@H](NC(=O)OCC1c2ccccc2-c2ccccc21)C(=O)N1C[C@H](O)C[C@H]1C(=O)O. The molecule has 2 aliphatic rings. The zero-order valence-electron chi connectivity index (χ0n) is 18.6. The molecular weight excluding hydrogens is 424 g/mol. The number of hydrogen-bond donors (Lipinski definition) is 3. The average Bonchev–Trinajstić information content (AvgIpc) is 3.34. The molecule has 2 aromatic rings. The number of alkyl carbamates (subject to hydrolysis) is 1. The van der Waals surface area contributed by atoms with Crippen LogP contribution in [-0.2, 0) is 14.3 Å². The topological polar surface area (TPSA) is 116 Å². The molecule has 0 bridgehead atoms.